The second-order valence-corrected chi connectivity index (χ2v) is 16.3. The summed E-state index contributed by atoms with van der Waals surface area (Å²) < 4.78 is 16.0. The van der Waals surface area contributed by atoms with E-state index in [0.717, 1.165) is 40.0 Å². The zero-order chi connectivity index (χ0) is 43.6. The van der Waals surface area contributed by atoms with Crippen molar-refractivity contribution in [2.45, 2.75) is 63.0 Å². The Kier molecular flexibility index (Phi) is 13.8. The van der Waals surface area contributed by atoms with Crippen LogP contribution in [0.25, 0.3) is 6.08 Å². The number of fused-ring (bicyclic) bond motifs is 1. The standard InChI is InChI=1S/C46H44N6O8S2/c1-4-15-29(2)57-45(56)59-30(3)58-43(55)39-32(24-23-31-16-14-25-48-26-31)27-61-42-38(41(54)52(39)42)50-40(53)37(36-28-62-44(47)49-36)51-60-46(33-17-8-5-9-18-33,34-19-10-6-11-20-34)35-21-12-7-13-22-35/h5-14,16-26,28-30,38,42H,4,15,27H2,1-3H3,(H2,47,49)(H,50,53)/b24-23-,51-37?/t29?,30?,38-,42-/m1/s1. The van der Waals surface area contributed by atoms with Crippen LogP contribution in [0.4, 0.5) is 9.93 Å². The minimum absolute atomic E-state index is 0.0598. The first-order valence-corrected chi connectivity index (χ1v) is 21.8. The van der Waals surface area contributed by atoms with Crippen molar-refractivity contribution in [3.63, 3.8) is 0 Å². The number of benzene rings is 3. The summed E-state index contributed by atoms with van der Waals surface area (Å²) in [6.07, 6.45) is 5.44. The Hall–Kier alpha value is -6.78. The number of nitrogens with two attached hydrogens (primary N) is 1. The Bertz CT molecular complexity index is 2370. The first-order valence-electron chi connectivity index (χ1n) is 19.9. The lowest BCUT2D eigenvalue weighted by Crippen LogP contribution is -2.71. The molecular weight excluding hydrogens is 829 g/mol. The summed E-state index contributed by atoms with van der Waals surface area (Å²) in [5.74, 6) is -1.99. The van der Waals surface area contributed by atoms with E-state index in [9.17, 15) is 19.2 Å². The molecule has 4 atom stereocenters. The van der Waals surface area contributed by atoms with E-state index in [1.54, 1.807) is 42.9 Å². The number of β-lactam (4-membered cyclic amide) rings is 1. The van der Waals surface area contributed by atoms with Gasteiger partial charge in [0.25, 0.3) is 11.8 Å². The normalized spacial score (nSPS) is 17.4. The van der Waals surface area contributed by atoms with E-state index < -0.39 is 53.3 Å². The van der Waals surface area contributed by atoms with Gasteiger partial charge in [-0.2, -0.15) is 0 Å². The van der Waals surface area contributed by atoms with Gasteiger partial charge in [0, 0.05) is 47.1 Å². The Morgan fingerprint density at radius 1 is 0.919 bits per heavy atom. The number of rotatable bonds is 16. The molecule has 7 rings (SSSR count). The highest BCUT2D eigenvalue weighted by Crippen LogP contribution is 2.43. The van der Waals surface area contributed by atoms with Crippen molar-refractivity contribution in [1.82, 2.24) is 20.2 Å². The molecule has 0 bridgehead atoms. The number of nitrogens with zero attached hydrogens (tertiary/aromatic N) is 4. The summed E-state index contributed by atoms with van der Waals surface area (Å²) in [5.41, 5.74) is 8.03. The molecule has 16 heteroatoms. The number of amides is 2. The Labute approximate surface area is 366 Å². The summed E-state index contributed by atoms with van der Waals surface area (Å²) in [4.78, 5) is 71.4. The van der Waals surface area contributed by atoms with Gasteiger partial charge in [0.2, 0.25) is 11.9 Å². The number of ether oxygens (including phenoxy) is 3. The molecule has 62 heavy (non-hydrogen) atoms. The molecule has 2 aliphatic heterocycles. The molecule has 1 saturated heterocycles. The zero-order valence-electron chi connectivity index (χ0n) is 34.1. The van der Waals surface area contributed by atoms with Crippen molar-refractivity contribution in [3.05, 3.63) is 166 Å². The molecule has 2 amide bonds. The number of thiazole rings is 1. The fraction of sp³-hybridized carbons (Fsp3) is 0.239. The van der Waals surface area contributed by atoms with E-state index in [1.165, 1.54) is 23.6 Å². The van der Waals surface area contributed by atoms with Gasteiger partial charge in [-0.15, -0.1) is 23.1 Å². The fourth-order valence-electron chi connectivity index (χ4n) is 7.06. The first kappa shape index (κ1) is 43.3. The quantitative estimate of drug-likeness (QED) is 0.0250. The van der Waals surface area contributed by atoms with Gasteiger partial charge in [0.1, 0.15) is 28.9 Å². The molecule has 2 aromatic heterocycles. The maximum absolute atomic E-state index is 14.4. The number of pyridine rings is 1. The number of hydrogen-bond donors (Lipinski definition) is 2. The maximum atomic E-state index is 14.4. The number of nitrogen functional groups attached to an aromatic ring is 1. The predicted molar refractivity (Wildman–Crippen MR) is 236 cm³/mol. The molecule has 4 heterocycles. The van der Waals surface area contributed by atoms with E-state index in [4.69, 9.17) is 24.8 Å². The van der Waals surface area contributed by atoms with Crippen LogP contribution in [0.15, 0.2) is 143 Å². The van der Waals surface area contributed by atoms with Gasteiger partial charge in [-0.25, -0.2) is 14.6 Å². The van der Waals surface area contributed by atoms with Crippen molar-refractivity contribution in [2.24, 2.45) is 5.16 Å². The van der Waals surface area contributed by atoms with Crippen LogP contribution in [0, 0.1) is 0 Å². The first-order chi connectivity index (χ1) is 30.1. The highest BCUT2D eigenvalue weighted by Gasteiger charge is 2.55. The zero-order valence-corrected chi connectivity index (χ0v) is 35.7. The van der Waals surface area contributed by atoms with Gasteiger partial charge >= 0.3 is 12.1 Å². The summed E-state index contributed by atoms with van der Waals surface area (Å²) in [6.45, 7) is 5.07. The molecule has 1 fully saturated rings. The van der Waals surface area contributed by atoms with Crippen LogP contribution in [0.5, 0.6) is 0 Å². The molecule has 2 aliphatic rings. The third-order valence-corrected chi connectivity index (χ3v) is 11.9. The minimum Gasteiger partial charge on any atom is -0.431 e. The number of carbonyl (C=O) groups is 4. The van der Waals surface area contributed by atoms with Crippen molar-refractivity contribution in [3.8, 4) is 0 Å². The molecule has 14 nitrogen and oxygen atoms in total. The number of carbonyl (C=O) groups excluding carboxylic acids is 4. The number of thioether (sulfide) groups is 1. The van der Waals surface area contributed by atoms with Gasteiger partial charge in [-0.05, 0) is 30.5 Å². The predicted octanol–water partition coefficient (Wildman–Crippen LogP) is 7.43. The van der Waals surface area contributed by atoms with Crippen LogP contribution in [-0.2, 0) is 39.0 Å². The second kappa shape index (κ2) is 19.7. The monoisotopic (exact) mass is 872 g/mol. The third kappa shape index (κ3) is 9.56. The average molecular weight is 873 g/mol. The van der Waals surface area contributed by atoms with E-state index >= 15 is 0 Å². The van der Waals surface area contributed by atoms with Crippen LogP contribution >= 0.6 is 23.1 Å². The van der Waals surface area contributed by atoms with Crippen LogP contribution in [0.1, 0.15) is 61.6 Å². The summed E-state index contributed by atoms with van der Waals surface area (Å²) in [5, 5.41) is 8.44. The summed E-state index contributed by atoms with van der Waals surface area (Å²) in [7, 11) is 0. The van der Waals surface area contributed by atoms with Gasteiger partial charge in [-0.1, -0.05) is 128 Å². The van der Waals surface area contributed by atoms with Crippen LogP contribution in [0.3, 0.4) is 0 Å². The van der Waals surface area contributed by atoms with Gasteiger partial charge in [-0.3, -0.25) is 19.5 Å². The number of nitrogens with one attached hydrogen (secondary N) is 1. The average Bonchev–Trinajstić information content (AvgIpc) is 3.72. The number of allylic oxidation sites excluding steroid dienone is 1. The number of esters is 1. The molecule has 318 valence electrons. The van der Waals surface area contributed by atoms with Crippen LogP contribution in [0.2, 0.25) is 0 Å². The van der Waals surface area contributed by atoms with Crippen molar-refractivity contribution in [2.75, 3.05) is 11.5 Å². The van der Waals surface area contributed by atoms with Crippen LogP contribution < -0.4 is 11.1 Å². The molecule has 0 radical (unpaired) electrons. The van der Waals surface area contributed by atoms with E-state index in [2.05, 4.69) is 20.4 Å². The van der Waals surface area contributed by atoms with Crippen molar-refractivity contribution in [1.29, 1.82) is 0 Å². The van der Waals surface area contributed by atoms with Crippen LogP contribution in [-0.4, -0.2) is 74.1 Å². The fourth-order valence-corrected chi connectivity index (χ4v) is 8.92. The highest BCUT2D eigenvalue weighted by atomic mass is 32.2. The van der Waals surface area contributed by atoms with Gasteiger partial charge < -0.3 is 30.1 Å². The molecule has 5 aromatic rings. The smallest absolute Gasteiger partial charge is 0.431 e. The van der Waals surface area contributed by atoms with E-state index in [-0.39, 0.29) is 28.0 Å². The van der Waals surface area contributed by atoms with Gasteiger partial charge in [0.05, 0.1) is 0 Å². The van der Waals surface area contributed by atoms with Crippen molar-refractivity contribution < 1.29 is 38.2 Å². The molecule has 0 spiro atoms. The lowest BCUT2D eigenvalue weighted by atomic mass is 9.80. The second-order valence-electron chi connectivity index (χ2n) is 14.3. The van der Waals surface area contributed by atoms with Crippen molar-refractivity contribution >= 4 is 64.0 Å². The lowest BCUT2D eigenvalue weighted by molar-refractivity contribution is -0.169. The molecule has 3 aromatic carbocycles. The number of anilines is 1. The molecule has 3 N–H and O–H groups in total. The lowest BCUT2D eigenvalue weighted by Gasteiger charge is -2.49. The highest BCUT2D eigenvalue weighted by molar-refractivity contribution is 8.00. The minimum atomic E-state index is -1.35. The molecule has 0 aliphatic carbocycles. The largest absolute Gasteiger partial charge is 0.511 e. The molecular formula is C46H44N6O8S2. The van der Waals surface area contributed by atoms with E-state index in [0.29, 0.717) is 12.0 Å². The number of oxime groups is 1. The SMILES string of the molecule is CCCC(C)OC(=O)OC(C)OC(=O)C1=C(/C=C\c2cccnc2)CS[C@@H]2[C@H](NC(=O)C(=NOC(c3ccccc3)(c3ccccc3)c3ccccc3)c3csc(N)n3)C(=O)N12. The summed E-state index contributed by atoms with van der Waals surface area (Å²) in [6, 6.07) is 31.1. The topological polar surface area (TPSA) is 185 Å². The maximum Gasteiger partial charge on any atom is 0.511 e. The molecule has 2 unspecified atom stereocenters. The number of aromatic nitrogens is 2. The summed E-state index contributed by atoms with van der Waals surface area (Å²) >= 11 is 2.45. The molecule has 0 saturated carbocycles. The number of hydrogen-bond acceptors (Lipinski definition) is 14. The Morgan fingerprint density at radius 2 is 1.56 bits per heavy atom. The Balaban J connectivity index is 1.18. The van der Waals surface area contributed by atoms with Gasteiger partial charge in [0.15, 0.2) is 10.8 Å². The van der Waals surface area contributed by atoms with E-state index in [1.807, 2.05) is 104 Å². The Morgan fingerprint density at radius 3 is 2.13 bits per heavy atom. The third-order valence-electron chi connectivity index (χ3n) is 9.96.